The zero-order valence-electron chi connectivity index (χ0n) is 13.2. The molecule has 0 amide bonds. The lowest BCUT2D eigenvalue weighted by Crippen LogP contribution is -2.21. The maximum absolute atomic E-state index is 6.13. The standard InChI is InChI=1S/C16H23ClN4/c1-5-13(18-7-3)16-14(6-2)21(20-19-16)15-10-12(17)9-8-11(15)4/h8-10,13,18H,5-7H2,1-4H3. The van der Waals surface area contributed by atoms with Crippen molar-refractivity contribution in [2.75, 3.05) is 6.54 Å². The summed E-state index contributed by atoms with van der Waals surface area (Å²) in [6, 6.07) is 6.11. The first-order chi connectivity index (χ1) is 10.1. The van der Waals surface area contributed by atoms with E-state index in [-0.39, 0.29) is 6.04 Å². The maximum Gasteiger partial charge on any atom is 0.103 e. The van der Waals surface area contributed by atoms with E-state index in [9.17, 15) is 0 Å². The lowest BCUT2D eigenvalue weighted by molar-refractivity contribution is 0.520. The van der Waals surface area contributed by atoms with Crippen LogP contribution in [0.2, 0.25) is 5.02 Å². The van der Waals surface area contributed by atoms with Gasteiger partial charge in [0.15, 0.2) is 0 Å². The van der Waals surface area contributed by atoms with E-state index in [1.165, 1.54) is 0 Å². The summed E-state index contributed by atoms with van der Waals surface area (Å²) in [6.07, 6.45) is 1.88. The zero-order valence-corrected chi connectivity index (χ0v) is 13.9. The topological polar surface area (TPSA) is 42.7 Å². The molecule has 0 aliphatic heterocycles. The molecule has 0 saturated heterocycles. The highest BCUT2D eigenvalue weighted by molar-refractivity contribution is 6.30. The fourth-order valence-electron chi connectivity index (χ4n) is 2.60. The number of aryl methyl sites for hydroxylation is 1. The van der Waals surface area contributed by atoms with E-state index in [0.29, 0.717) is 5.02 Å². The summed E-state index contributed by atoms with van der Waals surface area (Å²) < 4.78 is 1.93. The molecule has 0 bridgehead atoms. The van der Waals surface area contributed by atoms with Crippen molar-refractivity contribution in [3.8, 4) is 5.69 Å². The van der Waals surface area contributed by atoms with Gasteiger partial charge in [0.1, 0.15) is 5.69 Å². The minimum absolute atomic E-state index is 0.248. The van der Waals surface area contributed by atoms with E-state index >= 15 is 0 Å². The van der Waals surface area contributed by atoms with E-state index in [4.69, 9.17) is 11.6 Å². The van der Waals surface area contributed by atoms with Crippen LogP contribution < -0.4 is 5.32 Å². The van der Waals surface area contributed by atoms with Gasteiger partial charge in [0.25, 0.3) is 0 Å². The molecule has 0 spiro atoms. The van der Waals surface area contributed by atoms with E-state index in [1.807, 2.05) is 22.9 Å². The number of hydrogen-bond acceptors (Lipinski definition) is 3. The Balaban J connectivity index is 2.51. The van der Waals surface area contributed by atoms with Gasteiger partial charge in [-0.25, -0.2) is 4.68 Å². The van der Waals surface area contributed by atoms with Gasteiger partial charge in [-0.1, -0.05) is 43.7 Å². The van der Waals surface area contributed by atoms with Crippen molar-refractivity contribution in [1.82, 2.24) is 20.3 Å². The molecule has 0 aliphatic rings. The maximum atomic E-state index is 6.13. The van der Waals surface area contributed by atoms with Crippen LogP contribution in [0.3, 0.4) is 0 Å². The highest BCUT2D eigenvalue weighted by Crippen LogP contribution is 2.25. The van der Waals surface area contributed by atoms with Crippen LogP contribution in [0.5, 0.6) is 0 Å². The summed E-state index contributed by atoms with van der Waals surface area (Å²) in [7, 11) is 0. The molecule has 1 aromatic carbocycles. The molecule has 1 heterocycles. The second kappa shape index (κ2) is 7.05. The quantitative estimate of drug-likeness (QED) is 0.881. The average molecular weight is 307 g/mol. The molecule has 1 N–H and O–H groups in total. The largest absolute Gasteiger partial charge is 0.309 e. The van der Waals surface area contributed by atoms with Crippen LogP contribution in [0.1, 0.15) is 50.2 Å². The Kier molecular flexibility index (Phi) is 5.37. The lowest BCUT2D eigenvalue weighted by Gasteiger charge is -2.15. The van der Waals surface area contributed by atoms with E-state index in [1.54, 1.807) is 0 Å². The first-order valence-corrected chi connectivity index (χ1v) is 7.94. The fraction of sp³-hybridized carbons (Fsp3) is 0.500. The third kappa shape index (κ3) is 3.27. The van der Waals surface area contributed by atoms with Gasteiger partial charge < -0.3 is 5.32 Å². The Bertz CT molecular complexity index is 606. The van der Waals surface area contributed by atoms with Crippen molar-refractivity contribution in [2.45, 2.75) is 46.6 Å². The van der Waals surface area contributed by atoms with Crippen molar-refractivity contribution in [1.29, 1.82) is 0 Å². The first-order valence-electron chi connectivity index (χ1n) is 7.56. The molecule has 4 nitrogen and oxygen atoms in total. The summed E-state index contributed by atoms with van der Waals surface area (Å²) in [5.41, 5.74) is 4.33. The predicted molar refractivity (Wildman–Crippen MR) is 87.2 cm³/mol. The van der Waals surface area contributed by atoms with Crippen molar-refractivity contribution in [2.24, 2.45) is 0 Å². The summed E-state index contributed by atoms with van der Waals surface area (Å²) in [5, 5.41) is 13.0. The molecular formula is C16H23ClN4. The van der Waals surface area contributed by atoms with Gasteiger partial charge in [-0.05, 0) is 44.0 Å². The Hall–Kier alpha value is -1.39. The lowest BCUT2D eigenvalue weighted by atomic mass is 10.1. The molecule has 0 saturated carbocycles. The summed E-state index contributed by atoms with van der Waals surface area (Å²) in [4.78, 5) is 0. The SMILES string of the molecule is CCNC(CC)c1nnn(-c2cc(Cl)ccc2C)c1CC. The van der Waals surface area contributed by atoms with E-state index in [0.717, 1.165) is 42.0 Å². The molecule has 1 unspecified atom stereocenters. The van der Waals surface area contributed by atoms with Crippen molar-refractivity contribution < 1.29 is 0 Å². The Morgan fingerprint density at radius 3 is 2.67 bits per heavy atom. The van der Waals surface area contributed by atoms with Crippen LogP contribution in [0.15, 0.2) is 18.2 Å². The molecule has 1 aromatic heterocycles. The highest BCUT2D eigenvalue weighted by atomic mass is 35.5. The Morgan fingerprint density at radius 2 is 2.05 bits per heavy atom. The van der Waals surface area contributed by atoms with E-state index in [2.05, 4.69) is 43.3 Å². The summed E-state index contributed by atoms with van der Waals surface area (Å²) >= 11 is 6.13. The second-order valence-corrected chi connectivity index (χ2v) is 5.57. The van der Waals surface area contributed by atoms with Crippen molar-refractivity contribution in [3.63, 3.8) is 0 Å². The van der Waals surface area contributed by atoms with Crippen LogP contribution in [-0.2, 0) is 6.42 Å². The molecule has 0 radical (unpaired) electrons. The molecule has 114 valence electrons. The third-order valence-corrected chi connectivity index (χ3v) is 3.95. The third-order valence-electron chi connectivity index (χ3n) is 3.72. The molecule has 21 heavy (non-hydrogen) atoms. The van der Waals surface area contributed by atoms with Gasteiger partial charge in [-0.2, -0.15) is 0 Å². The molecule has 5 heteroatoms. The van der Waals surface area contributed by atoms with Gasteiger partial charge in [-0.3, -0.25) is 0 Å². The summed E-state index contributed by atoms with van der Waals surface area (Å²) in [5.74, 6) is 0. The monoisotopic (exact) mass is 306 g/mol. The highest BCUT2D eigenvalue weighted by Gasteiger charge is 2.20. The smallest absolute Gasteiger partial charge is 0.103 e. The molecule has 2 rings (SSSR count). The Morgan fingerprint density at radius 1 is 1.29 bits per heavy atom. The first kappa shape index (κ1) is 16.0. The number of nitrogens with one attached hydrogen (secondary N) is 1. The number of rotatable bonds is 6. The van der Waals surface area contributed by atoms with Crippen molar-refractivity contribution >= 4 is 11.6 Å². The molecule has 0 aliphatic carbocycles. The van der Waals surface area contributed by atoms with Crippen LogP contribution in [0.4, 0.5) is 0 Å². The molecule has 2 aromatic rings. The number of nitrogens with zero attached hydrogens (tertiary/aromatic N) is 3. The number of benzene rings is 1. The van der Waals surface area contributed by atoms with Crippen LogP contribution in [0.25, 0.3) is 5.69 Å². The molecule has 1 atom stereocenters. The number of aromatic nitrogens is 3. The van der Waals surface area contributed by atoms with Gasteiger partial charge in [0, 0.05) is 5.02 Å². The van der Waals surface area contributed by atoms with Gasteiger partial charge in [-0.15, -0.1) is 5.10 Å². The Labute approximate surface area is 131 Å². The van der Waals surface area contributed by atoms with Gasteiger partial charge >= 0.3 is 0 Å². The van der Waals surface area contributed by atoms with Gasteiger partial charge in [0.2, 0.25) is 0 Å². The zero-order chi connectivity index (χ0) is 15.4. The number of halogens is 1. The molecular weight excluding hydrogens is 284 g/mol. The molecule has 0 fully saturated rings. The minimum atomic E-state index is 0.248. The normalized spacial score (nSPS) is 12.6. The van der Waals surface area contributed by atoms with Crippen LogP contribution in [-0.4, -0.2) is 21.5 Å². The van der Waals surface area contributed by atoms with Crippen molar-refractivity contribution in [3.05, 3.63) is 40.2 Å². The van der Waals surface area contributed by atoms with E-state index < -0.39 is 0 Å². The average Bonchev–Trinajstić information content (AvgIpc) is 2.90. The van der Waals surface area contributed by atoms with Crippen LogP contribution in [0, 0.1) is 6.92 Å². The fourth-order valence-corrected chi connectivity index (χ4v) is 2.77. The van der Waals surface area contributed by atoms with Crippen LogP contribution >= 0.6 is 11.6 Å². The minimum Gasteiger partial charge on any atom is -0.309 e. The van der Waals surface area contributed by atoms with Gasteiger partial charge in [0.05, 0.1) is 17.4 Å². The predicted octanol–water partition coefficient (Wildman–Crippen LogP) is 3.85. The number of hydrogen-bond donors (Lipinski definition) is 1. The second-order valence-electron chi connectivity index (χ2n) is 5.14. The summed E-state index contributed by atoms with van der Waals surface area (Å²) in [6.45, 7) is 9.40.